The standard InChI is InChI=1S/C12H14F4N2O2/c13-11(14)12(15,16)6-18-10(20)9(17)5-7-1-3-8(19)4-2-7/h1-4,9,11,19H,5-6,17H2,(H,18,20)/t9-/m0/s1. The van der Waals surface area contributed by atoms with Crippen molar-refractivity contribution in [1.29, 1.82) is 0 Å². The van der Waals surface area contributed by atoms with Crippen LogP contribution in [0.25, 0.3) is 0 Å². The number of hydrogen-bond acceptors (Lipinski definition) is 3. The molecule has 0 aromatic heterocycles. The van der Waals surface area contributed by atoms with Crippen LogP contribution in [0.5, 0.6) is 5.75 Å². The predicted molar refractivity (Wildman–Crippen MR) is 63.7 cm³/mol. The number of rotatable bonds is 6. The van der Waals surface area contributed by atoms with Gasteiger partial charge < -0.3 is 16.2 Å². The first kappa shape index (κ1) is 16.2. The lowest BCUT2D eigenvalue weighted by atomic mass is 10.1. The number of phenolic OH excluding ortho intramolecular Hbond substituents is 1. The molecule has 0 saturated carbocycles. The molecule has 20 heavy (non-hydrogen) atoms. The van der Waals surface area contributed by atoms with Gasteiger partial charge >= 0.3 is 12.3 Å². The van der Waals surface area contributed by atoms with Crippen LogP contribution in [0.1, 0.15) is 5.56 Å². The number of nitrogens with one attached hydrogen (secondary N) is 1. The van der Waals surface area contributed by atoms with Gasteiger partial charge in [-0.3, -0.25) is 4.79 Å². The molecule has 0 saturated heterocycles. The molecule has 0 bridgehead atoms. The van der Waals surface area contributed by atoms with Crippen LogP contribution in [-0.4, -0.2) is 35.9 Å². The number of halogens is 4. The molecule has 1 aromatic rings. The van der Waals surface area contributed by atoms with E-state index in [4.69, 9.17) is 10.8 Å². The minimum atomic E-state index is -4.28. The average Bonchev–Trinajstić information content (AvgIpc) is 2.38. The smallest absolute Gasteiger partial charge is 0.324 e. The first-order chi connectivity index (χ1) is 9.22. The van der Waals surface area contributed by atoms with Gasteiger partial charge in [-0.15, -0.1) is 0 Å². The Morgan fingerprint density at radius 2 is 1.85 bits per heavy atom. The molecule has 0 radical (unpaired) electrons. The van der Waals surface area contributed by atoms with Crippen LogP contribution in [0.2, 0.25) is 0 Å². The van der Waals surface area contributed by atoms with E-state index in [0.29, 0.717) is 5.56 Å². The molecule has 0 unspecified atom stereocenters. The largest absolute Gasteiger partial charge is 0.508 e. The van der Waals surface area contributed by atoms with Crippen molar-refractivity contribution in [1.82, 2.24) is 5.32 Å². The van der Waals surface area contributed by atoms with E-state index in [1.165, 1.54) is 24.3 Å². The Morgan fingerprint density at radius 1 is 1.30 bits per heavy atom. The third kappa shape index (κ3) is 4.69. The molecule has 4 N–H and O–H groups in total. The number of aromatic hydroxyl groups is 1. The molecule has 0 heterocycles. The summed E-state index contributed by atoms with van der Waals surface area (Å²) in [6.07, 6.45) is -3.82. The Hall–Kier alpha value is -1.83. The van der Waals surface area contributed by atoms with Gasteiger partial charge in [-0.05, 0) is 24.1 Å². The van der Waals surface area contributed by atoms with E-state index in [2.05, 4.69) is 0 Å². The third-order valence-corrected chi connectivity index (χ3v) is 2.55. The summed E-state index contributed by atoms with van der Waals surface area (Å²) in [5.41, 5.74) is 6.09. The van der Waals surface area contributed by atoms with Gasteiger partial charge in [-0.2, -0.15) is 8.78 Å². The van der Waals surface area contributed by atoms with Gasteiger partial charge in [0.25, 0.3) is 0 Å². The number of nitrogens with two attached hydrogens (primary N) is 1. The summed E-state index contributed by atoms with van der Waals surface area (Å²) in [5.74, 6) is -5.20. The zero-order valence-corrected chi connectivity index (χ0v) is 10.3. The second kappa shape index (κ2) is 6.56. The van der Waals surface area contributed by atoms with Crippen molar-refractivity contribution in [3.8, 4) is 5.75 Å². The highest BCUT2D eigenvalue weighted by Gasteiger charge is 2.41. The molecule has 112 valence electrons. The van der Waals surface area contributed by atoms with Crippen molar-refractivity contribution in [2.75, 3.05) is 6.54 Å². The quantitative estimate of drug-likeness (QED) is 0.692. The normalized spacial score (nSPS) is 13.3. The predicted octanol–water partition coefficient (Wildman–Crippen LogP) is 1.28. The summed E-state index contributed by atoms with van der Waals surface area (Å²) in [5, 5.41) is 10.8. The van der Waals surface area contributed by atoms with Crippen molar-refractivity contribution in [3.63, 3.8) is 0 Å². The number of carbonyl (C=O) groups is 1. The second-order valence-electron chi connectivity index (χ2n) is 4.26. The van der Waals surface area contributed by atoms with Crippen molar-refractivity contribution in [3.05, 3.63) is 29.8 Å². The highest BCUT2D eigenvalue weighted by Crippen LogP contribution is 2.21. The van der Waals surface area contributed by atoms with Gasteiger partial charge in [0.15, 0.2) is 0 Å². The minimum absolute atomic E-state index is 0.0309. The summed E-state index contributed by atoms with van der Waals surface area (Å²) >= 11 is 0. The van der Waals surface area contributed by atoms with Crippen molar-refractivity contribution < 1.29 is 27.5 Å². The molecule has 1 atom stereocenters. The van der Waals surface area contributed by atoms with E-state index < -0.39 is 30.8 Å². The summed E-state index contributed by atoms with van der Waals surface area (Å²) in [7, 11) is 0. The first-order valence-corrected chi connectivity index (χ1v) is 5.69. The van der Waals surface area contributed by atoms with Gasteiger partial charge in [-0.25, -0.2) is 8.78 Å². The Bertz CT molecular complexity index is 451. The minimum Gasteiger partial charge on any atom is -0.508 e. The Labute approximate surface area is 112 Å². The molecule has 0 aliphatic carbocycles. The number of carbonyl (C=O) groups excluding carboxylic acids is 1. The fourth-order valence-corrected chi connectivity index (χ4v) is 1.39. The maximum Gasteiger partial charge on any atom is 0.324 e. The van der Waals surface area contributed by atoms with Crippen LogP contribution in [0.4, 0.5) is 17.6 Å². The van der Waals surface area contributed by atoms with Crippen LogP contribution in [0, 0.1) is 0 Å². The van der Waals surface area contributed by atoms with E-state index in [1.54, 1.807) is 5.32 Å². The molecule has 8 heteroatoms. The number of amides is 1. The number of hydrogen-bond donors (Lipinski definition) is 3. The molecule has 1 rings (SSSR count). The van der Waals surface area contributed by atoms with E-state index in [-0.39, 0.29) is 12.2 Å². The maximum absolute atomic E-state index is 12.6. The Kier molecular flexibility index (Phi) is 5.32. The molecule has 0 aliphatic heterocycles. The molecular weight excluding hydrogens is 280 g/mol. The third-order valence-electron chi connectivity index (χ3n) is 2.55. The van der Waals surface area contributed by atoms with E-state index in [1.807, 2.05) is 0 Å². The lowest BCUT2D eigenvalue weighted by Gasteiger charge is -2.18. The summed E-state index contributed by atoms with van der Waals surface area (Å²) < 4.78 is 49.0. The monoisotopic (exact) mass is 294 g/mol. The van der Waals surface area contributed by atoms with Crippen LogP contribution in [0.15, 0.2) is 24.3 Å². The van der Waals surface area contributed by atoms with Crippen LogP contribution >= 0.6 is 0 Å². The molecule has 0 aliphatic rings. The fraction of sp³-hybridized carbons (Fsp3) is 0.417. The van der Waals surface area contributed by atoms with Gasteiger partial charge in [0, 0.05) is 0 Å². The van der Waals surface area contributed by atoms with Gasteiger partial charge in [0.1, 0.15) is 5.75 Å². The SMILES string of the molecule is N[C@@H](Cc1ccc(O)cc1)C(=O)NCC(F)(F)C(F)F. The maximum atomic E-state index is 12.6. The molecule has 4 nitrogen and oxygen atoms in total. The van der Waals surface area contributed by atoms with Crippen LogP contribution in [-0.2, 0) is 11.2 Å². The summed E-state index contributed by atoms with van der Waals surface area (Å²) in [4.78, 5) is 11.4. The van der Waals surface area contributed by atoms with Crippen molar-refractivity contribution in [2.45, 2.75) is 24.8 Å². The van der Waals surface area contributed by atoms with Crippen molar-refractivity contribution >= 4 is 5.91 Å². The molecule has 1 aromatic carbocycles. The lowest BCUT2D eigenvalue weighted by Crippen LogP contribution is -2.48. The van der Waals surface area contributed by atoms with Gasteiger partial charge in [0.05, 0.1) is 12.6 Å². The molecular formula is C12H14F4N2O2. The average molecular weight is 294 g/mol. The number of benzene rings is 1. The highest BCUT2D eigenvalue weighted by atomic mass is 19.3. The van der Waals surface area contributed by atoms with E-state index >= 15 is 0 Å². The fourth-order valence-electron chi connectivity index (χ4n) is 1.39. The van der Waals surface area contributed by atoms with E-state index in [0.717, 1.165) is 0 Å². The Morgan fingerprint density at radius 3 is 2.35 bits per heavy atom. The topological polar surface area (TPSA) is 75.3 Å². The zero-order chi connectivity index (χ0) is 15.3. The first-order valence-electron chi connectivity index (χ1n) is 5.69. The number of alkyl halides is 4. The summed E-state index contributed by atoms with van der Waals surface area (Å²) in [6.45, 7) is -1.47. The van der Waals surface area contributed by atoms with E-state index in [9.17, 15) is 22.4 Å². The van der Waals surface area contributed by atoms with Crippen LogP contribution < -0.4 is 11.1 Å². The van der Waals surface area contributed by atoms with Crippen LogP contribution in [0.3, 0.4) is 0 Å². The Balaban J connectivity index is 2.49. The molecule has 1 amide bonds. The lowest BCUT2D eigenvalue weighted by molar-refractivity contribution is -0.137. The second-order valence-corrected chi connectivity index (χ2v) is 4.26. The van der Waals surface area contributed by atoms with Gasteiger partial charge in [0.2, 0.25) is 5.91 Å². The summed E-state index contributed by atoms with van der Waals surface area (Å²) in [6, 6.07) is 4.63. The van der Waals surface area contributed by atoms with Crippen molar-refractivity contribution in [2.24, 2.45) is 5.73 Å². The zero-order valence-electron chi connectivity index (χ0n) is 10.3. The van der Waals surface area contributed by atoms with Gasteiger partial charge in [-0.1, -0.05) is 12.1 Å². The number of phenols is 1. The molecule has 0 fully saturated rings. The molecule has 0 spiro atoms. The highest BCUT2D eigenvalue weighted by molar-refractivity contribution is 5.81.